The molecule has 2 N–H and O–H groups in total. The third-order valence-corrected chi connectivity index (χ3v) is 8.44. The smallest absolute Gasteiger partial charge is 0.232 e. The maximum absolute atomic E-state index is 5.67. The Balaban J connectivity index is 1.11. The van der Waals surface area contributed by atoms with Gasteiger partial charge in [0.1, 0.15) is 11.6 Å². The average molecular weight is 557 g/mol. The van der Waals surface area contributed by atoms with E-state index in [2.05, 4.69) is 90.9 Å². The number of nitrogens with one attached hydrogen (secondary N) is 2. The Labute approximate surface area is 243 Å². The molecule has 2 aromatic carbocycles. The number of rotatable bonds is 7. The fourth-order valence-corrected chi connectivity index (χ4v) is 6.05. The third-order valence-electron chi connectivity index (χ3n) is 8.19. The predicted octanol–water partition coefficient (Wildman–Crippen LogP) is 4.88. The number of para-hydroxylation sites is 1. The maximum Gasteiger partial charge on any atom is 0.232 e. The number of piperazine rings is 1. The van der Waals surface area contributed by atoms with Crippen LogP contribution in [0.25, 0.3) is 0 Å². The van der Waals surface area contributed by atoms with Crippen molar-refractivity contribution < 1.29 is 0 Å². The van der Waals surface area contributed by atoms with Crippen molar-refractivity contribution >= 4 is 46.3 Å². The van der Waals surface area contributed by atoms with E-state index < -0.39 is 0 Å². The van der Waals surface area contributed by atoms with Crippen LogP contribution >= 0.6 is 12.2 Å². The van der Waals surface area contributed by atoms with Gasteiger partial charge < -0.3 is 30.2 Å². The SMILES string of the molecule is S=C(NCc1ccc(N2CCCC2)cc1)Nc1nc(N2CCCCC2)cc(N2CCN(c3ccccc3)CC2)n1. The van der Waals surface area contributed by atoms with Gasteiger partial charge in [-0.2, -0.15) is 9.97 Å². The number of hydrogen-bond acceptors (Lipinski definition) is 7. The zero-order valence-corrected chi connectivity index (χ0v) is 24.1. The van der Waals surface area contributed by atoms with Crippen molar-refractivity contribution in [2.75, 3.05) is 77.3 Å². The first-order chi connectivity index (χ1) is 19.7. The van der Waals surface area contributed by atoms with Crippen LogP contribution in [0.2, 0.25) is 0 Å². The summed E-state index contributed by atoms with van der Waals surface area (Å²) in [6.45, 7) is 8.81. The molecule has 0 amide bonds. The molecule has 8 nitrogen and oxygen atoms in total. The van der Waals surface area contributed by atoms with Crippen LogP contribution in [0.4, 0.5) is 29.0 Å². The second-order valence-electron chi connectivity index (χ2n) is 10.9. The summed E-state index contributed by atoms with van der Waals surface area (Å²) in [5.74, 6) is 2.51. The van der Waals surface area contributed by atoms with Gasteiger partial charge in [-0.15, -0.1) is 0 Å². The monoisotopic (exact) mass is 556 g/mol. The topological polar surface area (TPSA) is 62.8 Å². The molecule has 0 bridgehead atoms. The van der Waals surface area contributed by atoms with Crippen molar-refractivity contribution in [1.82, 2.24) is 15.3 Å². The summed E-state index contributed by atoms with van der Waals surface area (Å²) in [4.78, 5) is 19.5. The van der Waals surface area contributed by atoms with E-state index >= 15 is 0 Å². The first-order valence-electron chi connectivity index (χ1n) is 14.8. The van der Waals surface area contributed by atoms with E-state index in [4.69, 9.17) is 22.2 Å². The average Bonchev–Trinajstić information content (AvgIpc) is 3.56. The van der Waals surface area contributed by atoms with Crippen LogP contribution in [0.15, 0.2) is 60.7 Å². The highest BCUT2D eigenvalue weighted by atomic mass is 32.1. The van der Waals surface area contributed by atoms with Crippen molar-refractivity contribution in [2.24, 2.45) is 0 Å². The highest BCUT2D eigenvalue weighted by molar-refractivity contribution is 7.80. The molecule has 4 heterocycles. The molecule has 3 aliphatic rings. The molecular formula is C31H40N8S. The van der Waals surface area contributed by atoms with Crippen LogP contribution in [-0.4, -0.2) is 67.4 Å². The van der Waals surface area contributed by atoms with Gasteiger partial charge in [0.15, 0.2) is 5.11 Å². The summed E-state index contributed by atoms with van der Waals surface area (Å²) in [5, 5.41) is 7.18. The van der Waals surface area contributed by atoms with E-state index in [-0.39, 0.29) is 0 Å². The summed E-state index contributed by atoms with van der Waals surface area (Å²) in [5.41, 5.74) is 3.79. The highest BCUT2D eigenvalue weighted by Gasteiger charge is 2.22. The Morgan fingerprint density at radius 3 is 1.82 bits per heavy atom. The first kappa shape index (κ1) is 26.6. The van der Waals surface area contributed by atoms with Gasteiger partial charge >= 0.3 is 0 Å². The molecule has 0 saturated carbocycles. The molecule has 1 aromatic heterocycles. The molecule has 0 atom stereocenters. The molecule has 3 fully saturated rings. The number of aromatic nitrogens is 2. The molecule has 0 unspecified atom stereocenters. The Kier molecular flexibility index (Phi) is 8.47. The number of anilines is 5. The summed E-state index contributed by atoms with van der Waals surface area (Å²) >= 11 is 5.67. The minimum Gasteiger partial charge on any atom is -0.372 e. The van der Waals surface area contributed by atoms with Gasteiger partial charge in [-0.1, -0.05) is 30.3 Å². The van der Waals surface area contributed by atoms with Crippen LogP contribution in [0.5, 0.6) is 0 Å². The number of benzene rings is 2. The second kappa shape index (κ2) is 12.7. The Bertz CT molecular complexity index is 1250. The maximum atomic E-state index is 5.67. The standard InChI is InChI=1S/C31H40N8S/c40-31(32-24-25-11-13-27(14-12-25)36-15-7-8-16-36)35-30-33-28(38-17-5-2-6-18-38)23-29(34-30)39-21-19-37(20-22-39)26-9-3-1-4-10-26/h1,3-4,9-14,23H,2,5-8,15-22,24H2,(H2,32,33,34,35,40). The number of hydrogen-bond donors (Lipinski definition) is 2. The molecule has 0 spiro atoms. The van der Waals surface area contributed by atoms with Crippen LogP contribution in [0.1, 0.15) is 37.7 Å². The molecule has 0 radical (unpaired) electrons. The molecule has 210 valence electrons. The van der Waals surface area contributed by atoms with Crippen LogP contribution < -0.4 is 30.2 Å². The number of piperidine rings is 1. The number of nitrogens with zero attached hydrogens (tertiary/aromatic N) is 6. The number of thiocarbonyl (C=S) groups is 1. The summed E-state index contributed by atoms with van der Waals surface area (Å²) < 4.78 is 0. The van der Waals surface area contributed by atoms with Gasteiger partial charge in [0, 0.05) is 76.3 Å². The molecule has 3 aromatic rings. The molecule has 3 saturated heterocycles. The zero-order valence-electron chi connectivity index (χ0n) is 23.3. The fourth-order valence-electron chi connectivity index (χ4n) is 5.89. The van der Waals surface area contributed by atoms with E-state index in [1.807, 2.05) is 0 Å². The lowest BCUT2D eigenvalue weighted by atomic mass is 10.1. The van der Waals surface area contributed by atoms with Gasteiger partial charge in [0.2, 0.25) is 5.95 Å². The van der Waals surface area contributed by atoms with Crippen LogP contribution in [0.3, 0.4) is 0 Å². The van der Waals surface area contributed by atoms with Gasteiger partial charge in [-0.25, -0.2) is 0 Å². The summed E-state index contributed by atoms with van der Waals surface area (Å²) in [6, 6.07) is 21.6. The largest absolute Gasteiger partial charge is 0.372 e. The van der Waals surface area contributed by atoms with E-state index in [1.54, 1.807) is 0 Å². The minimum atomic E-state index is 0.541. The first-order valence-corrected chi connectivity index (χ1v) is 15.2. The predicted molar refractivity (Wildman–Crippen MR) is 170 cm³/mol. The zero-order chi connectivity index (χ0) is 27.1. The minimum absolute atomic E-state index is 0.541. The lowest BCUT2D eigenvalue weighted by molar-refractivity contribution is 0.573. The van der Waals surface area contributed by atoms with Crippen LogP contribution in [-0.2, 0) is 6.54 Å². The lowest BCUT2D eigenvalue weighted by Gasteiger charge is -2.37. The van der Waals surface area contributed by atoms with Gasteiger partial charge in [0.05, 0.1) is 0 Å². The lowest BCUT2D eigenvalue weighted by Crippen LogP contribution is -2.47. The van der Waals surface area contributed by atoms with Gasteiger partial charge in [0.25, 0.3) is 0 Å². The molecule has 6 rings (SSSR count). The second-order valence-corrected chi connectivity index (χ2v) is 11.3. The van der Waals surface area contributed by atoms with E-state index in [0.717, 1.165) is 64.0 Å². The van der Waals surface area contributed by atoms with Gasteiger partial charge in [-0.3, -0.25) is 0 Å². The van der Waals surface area contributed by atoms with E-state index in [1.165, 1.54) is 49.0 Å². The fraction of sp³-hybridized carbons (Fsp3) is 0.452. The van der Waals surface area contributed by atoms with E-state index in [9.17, 15) is 0 Å². The van der Waals surface area contributed by atoms with Crippen molar-refractivity contribution in [3.8, 4) is 0 Å². The summed E-state index contributed by atoms with van der Waals surface area (Å²) in [6.07, 6.45) is 6.27. The quantitative estimate of drug-likeness (QED) is 0.397. The van der Waals surface area contributed by atoms with Crippen molar-refractivity contribution in [3.63, 3.8) is 0 Å². The molecular weight excluding hydrogens is 516 g/mol. The molecule has 9 heteroatoms. The summed E-state index contributed by atoms with van der Waals surface area (Å²) in [7, 11) is 0. The van der Waals surface area contributed by atoms with Crippen LogP contribution in [0, 0.1) is 0 Å². The van der Waals surface area contributed by atoms with Gasteiger partial charge in [-0.05, 0) is 74.2 Å². The Morgan fingerprint density at radius 1 is 0.625 bits per heavy atom. The molecule has 3 aliphatic heterocycles. The third kappa shape index (κ3) is 6.58. The van der Waals surface area contributed by atoms with Crippen molar-refractivity contribution in [3.05, 3.63) is 66.2 Å². The molecule has 40 heavy (non-hydrogen) atoms. The Morgan fingerprint density at radius 2 is 1.15 bits per heavy atom. The van der Waals surface area contributed by atoms with Crippen molar-refractivity contribution in [1.29, 1.82) is 0 Å². The Hall–Kier alpha value is -3.59. The molecule has 0 aliphatic carbocycles. The van der Waals surface area contributed by atoms with Crippen molar-refractivity contribution in [2.45, 2.75) is 38.6 Å². The highest BCUT2D eigenvalue weighted by Crippen LogP contribution is 2.26. The normalized spacial score (nSPS) is 17.7. The van der Waals surface area contributed by atoms with E-state index in [0.29, 0.717) is 17.6 Å².